The van der Waals surface area contributed by atoms with Crippen molar-refractivity contribution in [3.8, 4) is 0 Å². The smallest absolute Gasteiger partial charge is 0.406 e. The number of carbonyl (C=O) groups is 3. The molecule has 0 fully saturated rings. The van der Waals surface area contributed by atoms with Crippen LogP contribution in [0, 0.1) is 0 Å². The third-order valence-electron chi connectivity index (χ3n) is 3.81. The second-order valence-corrected chi connectivity index (χ2v) is 5.53. The summed E-state index contributed by atoms with van der Waals surface area (Å²) < 4.78 is 15.9. The van der Waals surface area contributed by atoms with Gasteiger partial charge in [0.2, 0.25) is 5.70 Å². The lowest BCUT2D eigenvalue weighted by molar-refractivity contribution is -0.549. The van der Waals surface area contributed by atoms with E-state index in [1.54, 1.807) is 25.1 Å². The van der Waals surface area contributed by atoms with E-state index in [-0.39, 0.29) is 17.9 Å². The lowest BCUT2D eigenvalue weighted by Gasteiger charge is -2.12. The lowest BCUT2D eigenvalue weighted by Crippen LogP contribution is -2.38. The molecule has 9 heteroatoms. The molecular weight excluding hydrogens is 366 g/mol. The molecule has 0 aromatic heterocycles. The average molecular weight is 388 g/mol. The van der Waals surface area contributed by atoms with Crippen LogP contribution in [0.3, 0.4) is 0 Å². The highest BCUT2D eigenvalue weighted by molar-refractivity contribution is 6.39. The zero-order valence-corrected chi connectivity index (χ0v) is 16.1. The third kappa shape index (κ3) is 4.56. The van der Waals surface area contributed by atoms with Crippen molar-refractivity contribution >= 4 is 23.6 Å². The van der Waals surface area contributed by atoms with Crippen molar-refractivity contribution < 1.29 is 33.3 Å². The summed E-state index contributed by atoms with van der Waals surface area (Å²) >= 11 is 0. The van der Waals surface area contributed by atoms with Crippen molar-refractivity contribution in [1.29, 1.82) is 0 Å². The first kappa shape index (κ1) is 20.7. The second-order valence-electron chi connectivity index (χ2n) is 5.53. The number of ether oxygens (including phenoxy) is 3. The summed E-state index contributed by atoms with van der Waals surface area (Å²) in [6, 6.07) is 0. The number of allylic oxidation sites excluding steroid dienone is 4. The summed E-state index contributed by atoms with van der Waals surface area (Å²) in [4.78, 5) is 36.1. The Labute approximate surface area is 162 Å². The molecule has 0 saturated heterocycles. The van der Waals surface area contributed by atoms with Gasteiger partial charge in [0.15, 0.2) is 0 Å². The van der Waals surface area contributed by atoms with Gasteiger partial charge in [-0.1, -0.05) is 16.3 Å². The summed E-state index contributed by atoms with van der Waals surface area (Å²) in [6.07, 6.45) is 10.9. The van der Waals surface area contributed by atoms with Gasteiger partial charge < -0.3 is 14.2 Å². The second kappa shape index (κ2) is 9.36. The first-order chi connectivity index (χ1) is 13.4. The molecule has 0 unspecified atom stereocenters. The number of esters is 3. The van der Waals surface area contributed by atoms with Gasteiger partial charge in [0, 0.05) is 25.3 Å². The molecule has 0 radical (unpaired) electrons. The largest absolute Gasteiger partial charge is 0.466 e. The van der Waals surface area contributed by atoms with Gasteiger partial charge in [-0.05, 0) is 25.2 Å². The highest BCUT2D eigenvalue weighted by atomic mass is 16.5. The van der Waals surface area contributed by atoms with E-state index in [1.807, 2.05) is 18.2 Å². The van der Waals surface area contributed by atoms with E-state index in [1.165, 1.54) is 31.1 Å². The maximum absolute atomic E-state index is 12.4. The van der Waals surface area contributed by atoms with Crippen LogP contribution >= 0.6 is 0 Å². The van der Waals surface area contributed by atoms with E-state index in [4.69, 9.17) is 9.47 Å². The first-order valence-electron chi connectivity index (χ1n) is 8.44. The monoisotopic (exact) mass is 388 g/mol. The van der Waals surface area contributed by atoms with Crippen LogP contribution in [0.25, 0.3) is 0 Å². The average Bonchev–Trinajstić information content (AvgIpc) is 3.04. The van der Waals surface area contributed by atoms with Gasteiger partial charge >= 0.3 is 23.6 Å². The Morgan fingerprint density at radius 3 is 2.50 bits per heavy atom. The molecule has 1 N–H and O–H groups in total. The molecule has 0 bridgehead atoms. The molecule has 2 rings (SSSR count). The van der Waals surface area contributed by atoms with Crippen molar-refractivity contribution in [2.45, 2.75) is 13.8 Å². The molecule has 2 aliphatic rings. The number of hydrazone groups is 1. The molecule has 0 atom stereocenters. The highest BCUT2D eigenvalue weighted by Crippen LogP contribution is 2.21. The van der Waals surface area contributed by atoms with E-state index >= 15 is 0 Å². The summed E-state index contributed by atoms with van der Waals surface area (Å²) in [5.74, 6) is -2.04. The van der Waals surface area contributed by atoms with Crippen molar-refractivity contribution in [1.82, 2.24) is 10.5 Å². The molecule has 0 aromatic carbocycles. The predicted octanol–water partition coefficient (Wildman–Crippen LogP) is 0.882. The fourth-order valence-corrected chi connectivity index (χ4v) is 2.44. The Hall–Kier alpha value is -3.62. The van der Waals surface area contributed by atoms with Crippen LogP contribution in [-0.4, -0.2) is 54.1 Å². The van der Waals surface area contributed by atoms with Crippen molar-refractivity contribution in [2.75, 3.05) is 20.8 Å². The van der Waals surface area contributed by atoms with Crippen LogP contribution < -0.4 is 5.53 Å². The summed E-state index contributed by atoms with van der Waals surface area (Å²) in [7, 11) is 2.45. The number of fused-ring (bicyclic) bond motifs is 1. The minimum atomic E-state index is -0.703. The van der Waals surface area contributed by atoms with Gasteiger partial charge in [0.05, 0.1) is 26.4 Å². The van der Waals surface area contributed by atoms with Crippen LogP contribution in [0.5, 0.6) is 0 Å². The van der Waals surface area contributed by atoms with E-state index in [2.05, 4.69) is 10.3 Å². The Morgan fingerprint density at radius 1 is 1.14 bits per heavy atom. The predicted molar refractivity (Wildman–Crippen MR) is 99.1 cm³/mol. The fourth-order valence-electron chi connectivity index (χ4n) is 2.44. The maximum Gasteiger partial charge on any atom is 0.406 e. The summed E-state index contributed by atoms with van der Waals surface area (Å²) in [5, 5.41) is 1.71. The molecule has 0 amide bonds. The fraction of sp³-hybridized carbons (Fsp3) is 0.263. The molecule has 9 nitrogen and oxygen atoms in total. The normalized spacial score (nSPS) is 17.4. The Bertz CT molecular complexity index is 861. The van der Waals surface area contributed by atoms with Crippen LogP contribution in [0.1, 0.15) is 13.8 Å². The zero-order valence-electron chi connectivity index (χ0n) is 16.1. The zero-order chi connectivity index (χ0) is 20.7. The van der Waals surface area contributed by atoms with Crippen LogP contribution in [0.4, 0.5) is 0 Å². The summed E-state index contributed by atoms with van der Waals surface area (Å²) in [6.45, 7) is 3.58. The van der Waals surface area contributed by atoms with Gasteiger partial charge in [0.1, 0.15) is 5.70 Å². The van der Waals surface area contributed by atoms with Gasteiger partial charge in [-0.15, -0.1) is 0 Å². The quantitative estimate of drug-likeness (QED) is 0.236. The van der Waals surface area contributed by atoms with E-state index in [0.717, 1.165) is 11.8 Å². The molecule has 0 aromatic rings. The molecule has 28 heavy (non-hydrogen) atoms. The molecule has 0 saturated carbocycles. The van der Waals surface area contributed by atoms with Crippen molar-refractivity contribution in [3.05, 3.63) is 59.6 Å². The number of carbonyl (C=O) groups excluding carboxylic acids is 3. The number of hydrogen-bond donors (Lipinski definition) is 1. The minimum absolute atomic E-state index is 0.0248. The van der Waals surface area contributed by atoms with Crippen molar-refractivity contribution in [2.24, 2.45) is 0 Å². The van der Waals surface area contributed by atoms with Crippen LogP contribution in [0.15, 0.2) is 59.6 Å². The maximum atomic E-state index is 12.4. The molecular formula is C19H22N3O6+. The Morgan fingerprint density at radius 2 is 1.89 bits per heavy atom. The number of hydrazine groups is 2. The number of rotatable bonds is 6. The number of nitrogens with zero attached hydrogens (tertiary/aromatic N) is 2. The highest BCUT2D eigenvalue weighted by Gasteiger charge is 2.35. The number of nitrogens with one attached hydrogen (secondary N) is 1. The lowest BCUT2D eigenvalue weighted by atomic mass is 10.1. The standard InChI is InChI=1S/C19H21N3O6/c1-5-28-18(24)14(9-10-17(23)26-3)12-16(19(25)27-4)22-13(2)15-8-6-7-11-21(15)20-22/h6-12H,5H2,1-4H3/p+1. The number of methoxy groups -OCH3 is 2. The first-order valence-corrected chi connectivity index (χ1v) is 8.44. The van der Waals surface area contributed by atoms with Crippen molar-refractivity contribution in [3.63, 3.8) is 0 Å². The van der Waals surface area contributed by atoms with Gasteiger partial charge in [-0.2, -0.15) is 0 Å². The molecule has 0 spiro atoms. The van der Waals surface area contributed by atoms with Crippen LogP contribution in [0.2, 0.25) is 0 Å². The molecule has 0 aliphatic carbocycles. The Kier molecular flexibility index (Phi) is 6.91. The van der Waals surface area contributed by atoms with Gasteiger partial charge in [-0.3, -0.25) is 0 Å². The van der Waals surface area contributed by atoms with E-state index in [9.17, 15) is 14.4 Å². The summed E-state index contributed by atoms with van der Waals surface area (Å²) in [5.41, 5.74) is 4.54. The van der Waals surface area contributed by atoms with Gasteiger partial charge in [-0.25, -0.2) is 19.4 Å². The SMILES string of the molecule is CCOC(=O)C(=C\C(C(=O)OC)=[N+]1NN2C=CC=CC2=C1C)/C=C/C(=O)OC. The Balaban J connectivity index is 2.58. The third-order valence-corrected chi connectivity index (χ3v) is 3.81. The van der Waals surface area contributed by atoms with E-state index in [0.29, 0.717) is 5.70 Å². The molecule has 2 heterocycles. The van der Waals surface area contributed by atoms with Gasteiger partial charge in [0.25, 0.3) is 0 Å². The molecule has 148 valence electrons. The number of hydrogen-bond acceptors (Lipinski definition) is 8. The topological polar surface area (TPSA) is 97.2 Å². The van der Waals surface area contributed by atoms with E-state index < -0.39 is 17.9 Å². The minimum Gasteiger partial charge on any atom is -0.466 e. The molecule has 2 aliphatic heterocycles. The van der Waals surface area contributed by atoms with Crippen LogP contribution in [-0.2, 0) is 28.6 Å².